The van der Waals surface area contributed by atoms with E-state index in [0.29, 0.717) is 22.9 Å². The lowest BCUT2D eigenvalue weighted by Gasteiger charge is -2.32. The Bertz CT molecular complexity index is 1110. The fraction of sp³-hybridized carbons (Fsp3) is 0.364. The predicted octanol–water partition coefficient (Wildman–Crippen LogP) is 3.35. The molecule has 1 aromatic heterocycles. The minimum atomic E-state index is -3.23. The standard InChI is InChI=1S/C22H25N3O3S/c1-29(27,28)19-7-8-21-20(15-19)23-16-25(21)18-9-12-24(13-10-18)14-11-22(26)17-5-3-2-4-6-17/h2-8,15-16,18H,9-14H2,1H3. The number of sulfone groups is 1. The highest BCUT2D eigenvalue weighted by Gasteiger charge is 2.22. The van der Waals surface area contributed by atoms with E-state index in [1.165, 1.54) is 6.26 Å². The van der Waals surface area contributed by atoms with E-state index in [0.717, 1.165) is 43.6 Å². The lowest BCUT2D eigenvalue weighted by molar-refractivity contribution is 0.0952. The van der Waals surface area contributed by atoms with Gasteiger partial charge in [-0.1, -0.05) is 30.3 Å². The van der Waals surface area contributed by atoms with Gasteiger partial charge in [0.2, 0.25) is 0 Å². The fourth-order valence-corrected chi connectivity index (χ4v) is 4.62. The molecule has 0 N–H and O–H groups in total. The summed E-state index contributed by atoms with van der Waals surface area (Å²) in [6.07, 6.45) is 5.54. The number of likely N-dealkylation sites (tertiary alicyclic amines) is 1. The molecule has 0 radical (unpaired) electrons. The highest BCUT2D eigenvalue weighted by Crippen LogP contribution is 2.28. The number of rotatable bonds is 6. The zero-order chi connectivity index (χ0) is 20.4. The molecule has 1 aliphatic heterocycles. The van der Waals surface area contributed by atoms with Crippen LogP contribution in [0.4, 0.5) is 0 Å². The predicted molar refractivity (Wildman–Crippen MR) is 113 cm³/mol. The molecule has 0 unspecified atom stereocenters. The van der Waals surface area contributed by atoms with E-state index in [2.05, 4.69) is 14.5 Å². The molecule has 0 amide bonds. The van der Waals surface area contributed by atoms with Crippen molar-refractivity contribution in [3.63, 3.8) is 0 Å². The molecule has 2 aromatic carbocycles. The minimum Gasteiger partial charge on any atom is -0.327 e. The van der Waals surface area contributed by atoms with Gasteiger partial charge in [0.15, 0.2) is 15.6 Å². The van der Waals surface area contributed by atoms with Gasteiger partial charge in [0.1, 0.15) is 0 Å². The Morgan fingerprint density at radius 1 is 1.10 bits per heavy atom. The van der Waals surface area contributed by atoms with Gasteiger partial charge in [0, 0.05) is 43.9 Å². The number of Topliss-reactive ketones (excluding diaryl/α,β-unsaturated/α-hetero) is 1. The number of fused-ring (bicyclic) bond motifs is 1. The van der Waals surface area contributed by atoms with E-state index in [4.69, 9.17) is 0 Å². The van der Waals surface area contributed by atoms with Gasteiger partial charge in [-0.25, -0.2) is 13.4 Å². The first-order valence-electron chi connectivity index (χ1n) is 9.89. The number of ketones is 1. The second kappa shape index (κ2) is 8.08. The highest BCUT2D eigenvalue weighted by atomic mass is 32.2. The summed E-state index contributed by atoms with van der Waals surface area (Å²) in [7, 11) is -3.23. The lowest BCUT2D eigenvalue weighted by atomic mass is 10.0. The number of imidazole rings is 1. The van der Waals surface area contributed by atoms with Gasteiger partial charge in [-0.2, -0.15) is 0 Å². The van der Waals surface area contributed by atoms with Gasteiger partial charge < -0.3 is 9.47 Å². The Balaban J connectivity index is 1.37. The number of hydrogen-bond donors (Lipinski definition) is 0. The van der Waals surface area contributed by atoms with Gasteiger partial charge in [0.25, 0.3) is 0 Å². The number of carbonyl (C=O) groups excluding carboxylic acids is 1. The van der Waals surface area contributed by atoms with Crippen molar-refractivity contribution in [2.45, 2.75) is 30.2 Å². The highest BCUT2D eigenvalue weighted by molar-refractivity contribution is 7.90. The maximum Gasteiger partial charge on any atom is 0.175 e. The zero-order valence-electron chi connectivity index (χ0n) is 16.5. The Hall–Kier alpha value is -2.51. The van der Waals surface area contributed by atoms with Crippen LogP contribution < -0.4 is 0 Å². The van der Waals surface area contributed by atoms with E-state index < -0.39 is 9.84 Å². The summed E-state index contributed by atoms with van der Waals surface area (Å²) in [5.41, 5.74) is 2.46. The Morgan fingerprint density at radius 2 is 1.83 bits per heavy atom. The third-order valence-electron chi connectivity index (χ3n) is 5.68. The van der Waals surface area contributed by atoms with Gasteiger partial charge in [-0.15, -0.1) is 0 Å². The van der Waals surface area contributed by atoms with Crippen LogP contribution in [0, 0.1) is 0 Å². The maximum absolute atomic E-state index is 12.3. The van der Waals surface area contributed by atoms with Gasteiger partial charge in [-0.3, -0.25) is 4.79 Å². The molecule has 1 saturated heterocycles. The van der Waals surface area contributed by atoms with E-state index in [9.17, 15) is 13.2 Å². The topological polar surface area (TPSA) is 72.3 Å². The Kier molecular flexibility index (Phi) is 5.52. The smallest absolute Gasteiger partial charge is 0.175 e. The van der Waals surface area contributed by atoms with Crippen molar-refractivity contribution in [3.05, 3.63) is 60.4 Å². The van der Waals surface area contributed by atoms with Gasteiger partial charge >= 0.3 is 0 Å². The van der Waals surface area contributed by atoms with E-state index in [1.54, 1.807) is 12.1 Å². The summed E-state index contributed by atoms with van der Waals surface area (Å²) in [5, 5.41) is 0. The number of nitrogens with zero attached hydrogens (tertiary/aromatic N) is 3. The van der Waals surface area contributed by atoms with Crippen LogP contribution >= 0.6 is 0 Å². The quantitative estimate of drug-likeness (QED) is 0.582. The average molecular weight is 412 g/mol. The maximum atomic E-state index is 12.3. The molecule has 0 saturated carbocycles. The largest absolute Gasteiger partial charge is 0.327 e. The van der Waals surface area contributed by atoms with Crippen molar-refractivity contribution in [2.75, 3.05) is 25.9 Å². The zero-order valence-corrected chi connectivity index (χ0v) is 17.3. The normalized spacial score (nSPS) is 16.3. The monoisotopic (exact) mass is 411 g/mol. The van der Waals surface area contributed by atoms with Crippen molar-refractivity contribution in [1.82, 2.24) is 14.5 Å². The molecule has 152 valence electrons. The van der Waals surface area contributed by atoms with Crippen molar-refractivity contribution in [1.29, 1.82) is 0 Å². The summed E-state index contributed by atoms with van der Waals surface area (Å²) in [6.45, 7) is 2.66. The van der Waals surface area contributed by atoms with Crippen LogP contribution in [-0.4, -0.2) is 54.5 Å². The van der Waals surface area contributed by atoms with Crippen molar-refractivity contribution >= 4 is 26.7 Å². The second-order valence-electron chi connectivity index (χ2n) is 7.69. The molecule has 3 aromatic rings. The second-order valence-corrected chi connectivity index (χ2v) is 9.70. The number of hydrogen-bond acceptors (Lipinski definition) is 5. The van der Waals surface area contributed by atoms with Crippen molar-refractivity contribution in [3.8, 4) is 0 Å². The molecule has 7 heteroatoms. The SMILES string of the molecule is CS(=O)(=O)c1ccc2c(c1)ncn2C1CCN(CCC(=O)c2ccccc2)CC1. The Labute approximate surface area is 171 Å². The van der Waals surface area contributed by atoms with Crippen LogP contribution in [0.1, 0.15) is 35.7 Å². The first-order valence-corrected chi connectivity index (χ1v) is 11.8. The van der Waals surface area contributed by atoms with Gasteiger partial charge in [0.05, 0.1) is 22.3 Å². The first kappa shape index (κ1) is 19.8. The third kappa shape index (κ3) is 4.41. The summed E-state index contributed by atoms with van der Waals surface area (Å²) in [4.78, 5) is 19.4. The van der Waals surface area contributed by atoms with Crippen LogP contribution in [0.2, 0.25) is 0 Å². The molecule has 2 heterocycles. The average Bonchev–Trinajstić information content (AvgIpc) is 3.16. The van der Waals surface area contributed by atoms with Crippen LogP contribution in [0.5, 0.6) is 0 Å². The van der Waals surface area contributed by atoms with E-state index >= 15 is 0 Å². The molecule has 29 heavy (non-hydrogen) atoms. The Morgan fingerprint density at radius 3 is 2.52 bits per heavy atom. The number of piperidine rings is 1. The first-order chi connectivity index (χ1) is 13.9. The molecule has 0 aliphatic carbocycles. The van der Waals surface area contributed by atoms with Gasteiger partial charge in [-0.05, 0) is 31.0 Å². The van der Waals surface area contributed by atoms with Crippen LogP contribution in [-0.2, 0) is 9.84 Å². The molecular weight excluding hydrogens is 386 g/mol. The third-order valence-corrected chi connectivity index (χ3v) is 6.79. The fourth-order valence-electron chi connectivity index (χ4n) is 3.98. The summed E-state index contributed by atoms with van der Waals surface area (Å²) in [6, 6.07) is 14.9. The van der Waals surface area contributed by atoms with E-state index in [-0.39, 0.29) is 5.78 Å². The number of carbonyl (C=O) groups is 1. The van der Waals surface area contributed by atoms with Crippen molar-refractivity contribution < 1.29 is 13.2 Å². The van der Waals surface area contributed by atoms with Crippen LogP contribution in [0.25, 0.3) is 11.0 Å². The molecule has 1 fully saturated rings. The number of aromatic nitrogens is 2. The molecule has 4 rings (SSSR count). The molecular formula is C22H25N3O3S. The van der Waals surface area contributed by atoms with E-state index in [1.807, 2.05) is 42.7 Å². The molecule has 6 nitrogen and oxygen atoms in total. The summed E-state index contributed by atoms with van der Waals surface area (Å²) < 4.78 is 25.7. The summed E-state index contributed by atoms with van der Waals surface area (Å²) >= 11 is 0. The molecule has 0 spiro atoms. The van der Waals surface area contributed by atoms with Crippen molar-refractivity contribution in [2.24, 2.45) is 0 Å². The molecule has 0 atom stereocenters. The minimum absolute atomic E-state index is 0.190. The lowest BCUT2D eigenvalue weighted by Crippen LogP contribution is -2.35. The van der Waals surface area contributed by atoms with Crippen LogP contribution in [0.3, 0.4) is 0 Å². The van der Waals surface area contributed by atoms with Crippen LogP contribution in [0.15, 0.2) is 59.8 Å². The molecule has 0 bridgehead atoms. The number of benzene rings is 2. The molecule has 1 aliphatic rings. The summed E-state index contributed by atoms with van der Waals surface area (Å²) in [5.74, 6) is 0.190.